The molecule has 140 valence electrons. The van der Waals surface area contributed by atoms with E-state index in [2.05, 4.69) is 47.1 Å². The van der Waals surface area contributed by atoms with Crippen LogP contribution in [0.4, 0.5) is 0 Å². The second-order valence-electron chi connectivity index (χ2n) is 7.09. The molecule has 0 aliphatic carbocycles. The van der Waals surface area contributed by atoms with Crippen molar-refractivity contribution in [2.75, 3.05) is 0 Å². The van der Waals surface area contributed by atoms with Crippen molar-refractivity contribution >= 4 is 16.9 Å². The van der Waals surface area contributed by atoms with Crippen LogP contribution in [0.3, 0.4) is 0 Å². The van der Waals surface area contributed by atoms with Crippen molar-refractivity contribution in [2.45, 2.75) is 26.9 Å². The van der Waals surface area contributed by atoms with Crippen LogP contribution < -0.4 is 5.32 Å². The maximum Gasteiger partial charge on any atom is 0.251 e. The summed E-state index contributed by atoms with van der Waals surface area (Å²) in [4.78, 5) is 17.4. The summed E-state index contributed by atoms with van der Waals surface area (Å²) in [5, 5.41) is 3.03. The zero-order valence-electron chi connectivity index (χ0n) is 16.1. The summed E-state index contributed by atoms with van der Waals surface area (Å²) in [5.41, 5.74) is 6.13. The molecule has 1 heterocycles. The van der Waals surface area contributed by atoms with Crippen LogP contribution in [0.5, 0.6) is 0 Å². The molecule has 0 saturated heterocycles. The van der Waals surface area contributed by atoms with Crippen LogP contribution >= 0.6 is 0 Å². The van der Waals surface area contributed by atoms with Crippen molar-refractivity contribution in [1.29, 1.82) is 0 Å². The van der Waals surface area contributed by atoms with Gasteiger partial charge in [0.05, 0.1) is 17.6 Å². The van der Waals surface area contributed by atoms with E-state index in [1.807, 2.05) is 49.4 Å². The van der Waals surface area contributed by atoms with E-state index in [0.29, 0.717) is 12.1 Å². The van der Waals surface area contributed by atoms with E-state index in [1.165, 1.54) is 11.1 Å². The van der Waals surface area contributed by atoms with Gasteiger partial charge in [-0.2, -0.15) is 0 Å². The summed E-state index contributed by atoms with van der Waals surface area (Å²) in [6.45, 7) is 5.13. The maximum atomic E-state index is 12.6. The Morgan fingerprint density at radius 3 is 2.43 bits per heavy atom. The van der Waals surface area contributed by atoms with Crippen LogP contribution in [0, 0.1) is 13.8 Å². The Morgan fingerprint density at radius 1 is 0.929 bits per heavy atom. The van der Waals surface area contributed by atoms with Crippen LogP contribution in [0.1, 0.15) is 32.9 Å². The van der Waals surface area contributed by atoms with Gasteiger partial charge in [-0.05, 0) is 43.2 Å². The summed E-state index contributed by atoms with van der Waals surface area (Å²) < 4.78 is 2.18. The molecule has 0 fully saturated rings. The summed E-state index contributed by atoms with van der Waals surface area (Å²) in [6, 6.07) is 24.2. The van der Waals surface area contributed by atoms with E-state index in [9.17, 15) is 4.79 Å². The number of hydrogen-bond donors (Lipinski definition) is 1. The average molecular weight is 369 g/mol. The van der Waals surface area contributed by atoms with Crippen LogP contribution in [0.15, 0.2) is 72.8 Å². The number of carbonyl (C=O) groups excluding carboxylic acids is 1. The second-order valence-corrected chi connectivity index (χ2v) is 7.09. The predicted octanol–water partition coefficient (Wildman–Crippen LogP) is 4.63. The lowest BCUT2D eigenvalue weighted by Gasteiger charge is -2.11. The lowest BCUT2D eigenvalue weighted by molar-refractivity contribution is 0.0949. The van der Waals surface area contributed by atoms with Crippen molar-refractivity contribution in [1.82, 2.24) is 14.9 Å². The molecule has 3 aromatic carbocycles. The maximum absolute atomic E-state index is 12.6. The van der Waals surface area contributed by atoms with Crippen LogP contribution in [-0.2, 0) is 13.1 Å². The normalized spacial score (nSPS) is 10.9. The largest absolute Gasteiger partial charge is 0.345 e. The number of aromatic nitrogens is 2. The molecule has 1 aromatic heterocycles. The fourth-order valence-electron chi connectivity index (χ4n) is 3.40. The number of nitrogens with zero attached hydrogens (tertiary/aromatic N) is 2. The first kappa shape index (κ1) is 18.0. The van der Waals surface area contributed by atoms with Gasteiger partial charge in [0.15, 0.2) is 0 Å². The Bertz CT molecular complexity index is 1130. The molecule has 1 amide bonds. The number of hydrogen-bond acceptors (Lipinski definition) is 2. The number of fused-ring (bicyclic) bond motifs is 1. The van der Waals surface area contributed by atoms with Crippen LogP contribution in [0.2, 0.25) is 0 Å². The zero-order valence-corrected chi connectivity index (χ0v) is 16.1. The fourth-order valence-corrected chi connectivity index (χ4v) is 3.40. The number of aryl methyl sites for hydroxylation is 2. The number of para-hydroxylation sites is 2. The van der Waals surface area contributed by atoms with Crippen LogP contribution in [-0.4, -0.2) is 15.5 Å². The van der Waals surface area contributed by atoms with Crippen LogP contribution in [0.25, 0.3) is 11.0 Å². The number of nitrogens with one attached hydrogen (secondary N) is 1. The molecule has 4 aromatic rings. The minimum atomic E-state index is -0.0768. The highest BCUT2D eigenvalue weighted by Crippen LogP contribution is 2.18. The fraction of sp³-hybridized carbons (Fsp3) is 0.167. The summed E-state index contributed by atoms with van der Waals surface area (Å²) in [5.74, 6) is 0.774. The number of amides is 1. The van der Waals surface area contributed by atoms with Crippen molar-refractivity contribution in [2.24, 2.45) is 0 Å². The van der Waals surface area contributed by atoms with Gasteiger partial charge in [-0.3, -0.25) is 4.79 Å². The van der Waals surface area contributed by atoms with Crippen molar-refractivity contribution in [3.8, 4) is 0 Å². The molecule has 0 aliphatic heterocycles. The van der Waals surface area contributed by atoms with E-state index in [1.54, 1.807) is 0 Å². The number of rotatable bonds is 5. The molecule has 4 heteroatoms. The Hall–Kier alpha value is -3.40. The third-order valence-electron chi connectivity index (χ3n) is 4.99. The second kappa shape index (κ2) is 7.69. The first-order chi connectivity index (χ1) is 13.6. The van der Waals surface area contributed by atoms with Crippen molar-refractivity contribution in [3.05, 3.63) is 101 Å². The Labute approximate surface area is 164 Å². The van der Waals surface area contributed by atoms with E-state index < -0.39 is 0 Å². The lowest BCUT2D eigenvalue weighted by Crippen LogP contribution is -2.25. The van der Waals surface area contributed by atoms with E-state index in [-0.39, 0.29) is 5.91 Å². The highest BCUT2D eigenvalue weighted by molar-refractivity contribution is 5.95. The van der Waals surface area contributed by atoms with Gasteiger partial charge in [-0.15, -0.1) is 0 Å². The average Bonchev–Trinajstić information content (AvgIpc) is 3.06. The monoisotopic (exact) mass is 369 g/mol. The van der Waals surface area contributed by atoms with Gasteiger partial charge in [0, 0.05) is 12.1 Å². The molecule has 4 nitrogen and oxygen atoms in total. The third kappa shape index (κ3) is 3.67. The molecule has 1 N–H and O–H groups in total. The SMILES string of the molecule is Cc1ccc(Cn2c(CNC(=O)c3ccccc3C)nc3ccccc32)cc1. The third-order valence-corrected chi connectivity index (χ3v) is 4.99. The first-order valence-corrected chi connectivity index (χ1v) is 9.45. The molecule has 0 atom stereocenters. The van der Waals surface area contributed by atoms with Crippen molar-refractivity contribution in [3.63, 3.8) is 0 Å². The molecule has 0 spiro atoms. The minimum Gasteiger partial charge on any atom is -0.345 e. The molecular formula is C24H23N3O. The molecule has 28 heavy (non-hydrogen) atoms. The summed E-state index contributed by atoms with van der Waals surface area (Å²) in [7, 11) is 0. The number of benzene rings is 3. The molecule has 0 radical (unpaired) electrons. The van der Waals surface area contributed by atoms with Gasteiger partial charge >= 0.3 is 0 Å². The molecule has 0 saturated carbocycles. The summed E-state index contributed by atoms with van der Waals surface area (Å²) in [6.07, 6.45) is 0. The van der Waals surface area contributed by atoms with Gasteiger partial charge in [0.25, 0.3) is 5.91 Å². The van der Waals surface area contributed by atoms with E-state index >= 15 is 0 Å². The number of carbonyl (C=O) groups is 1. The lowest BCUT2D eigenvalue weighted by atomic mass is 10.1. The quantitative estimate of drug-likeness (QED) is 0.557. The predicted molar refractivity (Wildman–Crippen MR) is 112 cm³/mol. The smallest absolute Gasteiger partial charge is 0.251 e. The number of imidazole rings is 1. The standard InChI is InChI=1S/C24H23N3O/c1-17-11-13-19(14-12-17)16-27-22-10-6-5-9-21(22)26-23(27)15-25-24(28)20-8-4-3-7-18(20)2/h3-14H,15-16H2,1-2H3,(H,25,28). The van der Waals surface area contributed by atoms with Gasteiger partial charge in [0.1, 0.15) is 5.82 Å². The summed E-state index contributed by atoms with van der Waals surface area (Å²) >= 11 is 0. The highest BCUT2D eigenvalue weighted by atomic mass is 16.1. The van der Waals surface area contributed by atoms with E-state index in [0.717, 1.165) is 29.0 Å². The van der Waals surface area contributed by atoms with Crippen molar-refractivity contribution < 1.29 is 4.79 Å². The zero-order chi connectivity index (χ0) is 19.5. The van der Waals surface area contributed by atoms with Gasteiger partial charge in [-0.25, -0.2) is 4.98 Å². The van der Waals surface area contributed by atoms with Gasteiger partial charge in [0.2, 0.25) is 0 Å². The minimum absolute atomic E-state index is 0.0768. The van der Waals surface area contributed by atoms with Gasteiger partial charge in [-0.1, -0.05) is 60.2 Å². The Morgan fingerprint density at radius 2 is 1.64 bits per heavy atom. The highest BCUT2D eigenvalue weighted by Gasteiger charge is 2.13. The molecular weight excluding hydrogens is 346 g/mol. The Balaban J connectivity index is 1.62. The van der Waals surface area contributed by atoms with Gasteiger partial charge < -0.3 is 9.88 Å². The molecule has 0 unspecified atom stereocenters. The molecule has 0 bridgehead atoms. The van der Waals surface area contributed by atoms with E-state index in [4.69, 9.17) is 4.98 Å². The molecule has 4 rings (SSSR count). The topological polar surface area (TPSA) is 46.9 Å². The first-order valence-electron chi connectivity index (χ1n) is 9.45. The Kier molecular flexibility index (Phi) is 4.94. The molecule has 0 aliphatic rings.